The minimum Gasteiger partial charge on any atom is -0.444 e. The molecule has 0 aromatic rings. The number of alkyl halides is 1. The third-order valence-electron chi connectivity index (χ3n) is 4.00. The molecule has 1 heterocycles. The molecule has 1 aliphatic carbocycles. The van der Waals surface area contributed by atoms with Crippen molar-refractivity contribution in [1.82, 2.24) is 10.2 Å². The maximum Gasteiger partial charge on any atom is 0.407 e. The molecule has 0 atom stereocenters. The molecule has 20 heavy (non-hydrogen) atoms. The zero-order valence-corrected chi connectivity index (χ0v) is 12.8. The molecule has 5 heteroatoms. The van der Waals surface area contributed by atoms with Gasteiger partial charge in [-0.2, -0.15) is 0 Å². The number of halogens is 1. The summed E-state index contributed by atoms with van der Waals surface area (Å²) in [6.45, 7) is 7.84. The van der Waals surface area contributed by atoms with Gasteiger partial charge in [-0.15, -0.1) is 0 Å². The Hall–Kier alpha value is -0.840. The minimum absolute atomic E-state index is 0.228. The Kier molecular flexibility index (Phi) is 4.89. The number of nitrogens with zero attached hydrogens (tertiary/aromatic N) is 1. The van der Waals surface area contributed by atoms with Gasteiger partial charge in [0, 0.05) is 25.7 Å². The first-order chi connectivity index (χ1) is 9.32. The fourth-order valence-electron chi connectivity index (χ4n) is 2.98. The summed E-state index contributed by atoms with van der Waals surface area (Å²) in [4.78, 5) is 13.9. The van der Waals surface area contributed by atoms with E-state index in [0.717, 1.165) is 32.2 Å². The second-order valence-corrected chi connectivity index (χ2v) is 7.18. The van der Waals surface area contributed by atoms with Crippen LogP contribution < -0.4 is 5.32 Å². The van der Waals surface area contributed by atoms with E-state index in [4.69, 9.17) is 4.74 Å². The highest BCUT2D eigenvalue weighted by molar-refractivity contribution is 5.68. The van der Waals surface area contributed by atoms with Crippen LogP contribution in [0.1, 0.15) is 46.5 Å². The predicted molar refractivity (Wildman–Crippen MR) is 76.5 cm³/mol. The summed E-state index contributed by atoms with van der Waals surface area (Å²) < 4.78 is 18.0. The summed E-state index contributed by atoms with van der Waals surface area (Å²) >= 11 is 0. The SMILES string of the molecule is CC(C)(C)OC(=O)N[C@H]1CC[C@H](CN2CC(F)C2)CC1. The van der Waals surface area contributed by atoms with Crippen molar-refractivity contribution in [3.05, 3.63) is 0 Å². The van der Waals surface area contributed by atoms with E-state index in [1.165, 1.54) is 0 Å². The second-order valence-electron chi connectivity index (χ2n) is 7.18. The van der Waals surface area contributed by atoms with Gasteiger partial charge in [0.2, 0.25) is 0 Å². The van der Waals surface area contributed by atoms with E-state index < -0.39 is 11.8 Å². The summed E-state index contributed by atoms with van der Waals surface area (Å²) in [6, 6.07) is 0.228. The van der Waals surface area contributed by atoms with Crippen LogP contribution in [0, 0.1) is 5.92 Å². The van der Waals surface area contributed by atoms with Crippen molar-refractivity contribution < 1.29 is 13.9 Å². The van der Waals surface area contributed by atoms with E-state index in [1.807, 2.05) is 20.8 Å². The van der Waals surface area contributed by atoms with Gasteiger partial charge in [0.1, 0.15) is 11.8 Å². The number of carbonyl (C=O) groups is 1. The van der Waals surface area contributed by atoms with Gasteiger partial charge in [-0.3, -0.25) is 4.90 Å². The number of alkyl carbamates (subject to hydrolysis) is 1. The molecular weight excluding hydrogens is 259 g/mol. The minimum atomic E-state index is -0.611. The lowest BCUT2D eigenvalue weighted by Gasteiger charge is -2.39. The Bertz CT molecular complexity index is 329. The molecule has 1 N–H and O–H groups in total. The van der Waals surface area contributed by atoms with Crippen molar-refractivity contribution in [2.75, 3.05) is 19.6 Å². The van der Waals surface area contributed by atoms with Crippen LogP contribution in [0.3, 0.4) is 0 Å². The fourth-order valence-corrected chi connectivity index (χ4v) is 2.98. The van der Waals surface area contributed by atoms with Gasteiger partial charge in [-0.05, 0) is 52.4 Å². The lowest BCUT2D eigenvalue weighted by atomic mass is 9.85. The molecule has 1 saturated carbocycles. The number of likely N-dealkylation sites (tertiary alicyclic amines) is 1. The van der Waals surface area contributed by atoms with Crippen LogP contribution in [0.2, 0.25) is 0 Å². The highest BCUT2D eigenvalue weighted by atomic mass is 19.1. The maximum absolute atomic E-state index is 12.8. The largest absolute Gasteiger partial charge is 0.444 e. The summed E-state index contributed by atoms with van der Waals surface area (Å²) in [5.74, 6) is 0.652. The van der Waals surface area contributed by atoms with Gasteiger partial charge in [0.05, 0.1) is 0 Å². The summed E-state index contributed by atoms with van der Waals surface area (Å²) in [5.41, 5.74) is -0.443. The number of hydrogen-bond donors (Lipinski definition) is 1. The van der Waals surface area contributed by atoms with E-state index in [2.05, 4.69) is 10.2 Å². The normalized spacial score (nSPS) is 28.8. The van der Waals surface area contributed by atoms with Crippen LogP contribution >= 0.6 is 0 Å². The molecule has 0 spiro atoms. The Morgan fingerprint density at radius 3 is 2.35 bits per heavy atom. The van der Waals surface area contributed by atoms with Gasteiger partial charge in [-0.25, -0.2) is 9.18 Å². The first-order valence-corrected chi connectivity index (χ1v) is 7.68. The topological polar surface area (TPSA) is 41.6 Å². The zero-order chi connectivity index (χ0) is 14.8. The van der Waals surface area contributed by atoms with E-state index in [1.54, 1.807) is 0 Å². The van der Waals surface area contributed by atoms with Crippen LogP contribution in [0.4, 0.5) is 9.18 Å². The second kappa shape index (κ2) is 6.29. The molecule has 0 radical (unpaired) electrons. The lowest BCUT2D eigenvalue weighted by molar-refractivity contribution is 0.0391. The van der Waals surface area contributed by atoms with Crippen LogP contribution in [-0.2, 0) is 4.74 Å². The van der Waals surface area contributed by atoms with Crippen molar-refractivity contribution in [2.24, 2.45) is 5.92 Å². The number of nitrogens with one attached hydrogen (secondary N) is 1. The smallest absolute Gasteiger partial charge is 0.407 e. The standard InChI is InChI=1S/C15H27FN2O2/c1-15(2,3)20-14(19)17-13-6-4-11(5-7-13)8-18-9-12(16)10-18/h11-13H,4-10H2,1-3H3,(H,17,19)/t11-,13-. The third-order valence-corrected chi connectivity index (χ3v) is 4.00. The Labute approximate surface area is 121 Å². The molecule has 0 bridgehead atoms. The molecule has 2 aliphatic rings. The molecule has 0 aromatic carbocycles. The molecule has 1 saturated heterocycles. The van der Waals surface area contributed by atoms with Gasteiger partial charge >= 0.3 is 6.09 Å². The summed E-state index contributed by atoms with van der Waals surface area (Å²) in [5, 5.41) is 2.95. The van der Waals surface area contributed by atoms with Crippen molar-refractivity contribution in [3.8, 4) is 0 Å². The molecule has 1 aliphatic heterocycles. The predicted octanol–water partition coefficient (Wildman–Crippen LogP) is 2.72. The zero-order valence-electron chi connectivity index (χ0n) is 12.8. The molecule has 2 rings (SSSR count). The van der Waals surface area contributed by atoms with Crippen LogP contribution in [0.5, 0.6) is 0 Å². The molecule has 1 amide bonds. The average molecular weight is 286 g/mol. The van der Waals surface area contributed by atoms with Gasteiger partial charge in [0.25, 0.3) is 0 Å². The van der Waals surface area contributed by atoms with Crippen molar-refractivity contribution in [1.29, 1.82) is 0 Å². The highest BCUT2D eigenvalue weighted by Gasteiger charge is 2.30. The molecular formula is C15H27FN2O2. The first-order valence-electron chi connectivity index (χ1n) is 7.68. The Morgan fingerprint density at radius 2 is 1.85 bits per heavy atom. The van der Waals surface area contributed by atoms with E-state index in [-0.39, 0.29) is 12.1 Å². The summed E-state index contributed by atoms with van der Waals surface area (Å²) in [7, 11) is 0. The Balaban J connectivity index is 1.63. The molecule has 0 aromatic heterocycles. The fraction of sp³-hybridized carbons (Fsp3) is 0.933. The van der Waals surface area contributed by atoms with Gasteiger partial charge in [0.15, 0.2) is 0 Å². The van der Waals surface area contributed by atoms with Crippen LogP contribution in [0.25, 0.3) is 0 Å². The summed E-state index contributed by atoms with van der Waals surface area (Å²) in [6.07, 6.45) is 3.28. The number of ether oxygens (including phenoxy) is 1. The van der Waals surface area contributed by atoms with Gasteiger partial charge in [-0.1, -0.05) is 0 Å². The van der Waals surface area contributed by atoms with Crippen molar-refractivity contribution in [2.45, 2.75) is 64.3 Å². The monoisotopic (exact) mass is 286 g/mol. The van der Waals surface area contributed by atoms with E-state index in [9.17, 15) is 9.18 Å². The Morgan fingerprint density at radius 1 is 1.25 bits per heavy atom. The number of carbonyl (C=O) groups excluding carboxylic acids is 1. The third kappa shape index (κ3) is 4.93. The van der Waals surface area contributed by atoms with Gasteiger partial charge < -0.3 is 10.1 Å². The highest BCUT2D eigenvalue weighted by Crippen LogP contribution is 2.27. The molecule has 116 valence electrons. The van der Waals surface area contributed by atoms with Crippen molar-refractivity contribution in [3.63, 3.8) is 0 Å². The average Bonchev–Trinajstić information content (AvgIpc) is 2.27. The molecule has 4 nitrogen and oxygen atoms in total. The number of rotatable bonds is 3. The number of amides is 1. The van der Waals surface area contributed by atoms with Crippen LogP contribution in [-0.4, -0.2) is 48.4 Å². The van der Waals surface area contributed by atoms with E-state index in [0.29, 0.717) is 19.0 Å². The lowest BCUT2D eigenvalue weighted by Crippen LogP contribution is -2.50. The molecule has 0 unspecified atom stereocenters. The van der Waals surface area contributed by atoms with Crippen molar-refractivity contribution >= 4 is 6.09 Å². The first kappa shape index (κ1) is 15.5. The molecule has 2 fully saturated rings. The maximum atomic E-state index is 12.8. The number of hydrogen-bond acceptors (Lipinski definition) is 3. The van der Waals surface area contributed by atoms with Crippen LogP contribution in [0.15, 0.2) is 0 Å². The van der Waals surface area contributed by atoms with E-state index >= 15 is 0 Å². The quantitative estimate of drug-likeness (QED) is 0.867.